The van der Waals surface area contributed by atoms with Gasteiger partial charge in [-0.2, -0.15) is 0 Å². The first-order valence-electron chi connectivity index (χ1n) is 22.3. The molecule has 0 unspecified atom stereocenters. The van der Waals surface area contributed by atoms with Crippen LogP contribution < -0.4 is 0 Å². The maximum absolute atomic E-state index is 6.17. The fraction of sp³-hybridized carbons (Fsp3) is 0. The van der Waals surface area contributed by atoms with Crippen LogP contribution in [0.25, 0.3) is 124 Å². The highest BCUT2D eigenvalue weighted by atomic mass is 16.4. The first-order valence-corrected chi connectivity index (χ1v) is 22.3. The van der Waals surface area contributed by atoms with E-state index in [9.17, 15) is 0 Å². The van der Waals surface area contributed by atoms with Crippen LogP contribution >= 0.6 is 0 Å². The van der Waals surface area contributed by atoms with Gasteiger partial charge in [0.1, 0.15) is 0 Å². The maximum Gasteiger partial charge on any atom is 0.248 e. The molecule has 0 N–H and O–H groups in total. The van der Waals surface area contributed by atoms with Gasteiger partial charge in [-0.25, -0.2) is 9.97 Å². The molecule has 0 aliphatic carbocycles. The minimum Gasteiger partial charge on any atom is -0.416 e. The lowest BCUT2D eigenvalue weighted by Gasteiger charge is -2.12. The lowest BCUT2D eigenvalue weighted by molar-refractivity contribution is 0.584. The summed E-state index contributed by atoms with van der Waals surface area (Å²) >= 11 is 0. The van der Waals surface area contributed by atoms with Crippen molar-refractivity contribution in [1.29, 1.82) is 0 Å². The van der Waals surface area contributed by atoms with E-state index in [1.165, 1.54) is 0 Å². The first kappa shape index (κ1) is 40.1. The molecule has 0 aliphatic rings. The molecule has 12 rings (SSSR count). The van der Waals surface area contributed by atoms with Crippen molar-refractivity contribution in [3.05, 3.63) is 231 Å². The molecule has 320 valence electrons. The Labute approximate surface area is 392 Å². The average molecular weight is 875 g/mol. The second-order valence-electron chi connectivity index (χ2n) is 16.4. The first-order chi connectivity index (χ1) is 33.6. The van der Waals surface area contributed by atoms with Crippen molar-refractivity contribution in [1.82, 2.24) is 30.4 Å². The fourth-order valence-electron chi connectivity index (χ4n) is 8.49. The summed E-state index contributed by atoms with van der Waals surface area (Å²) < 4.78 is 12.3. The van der Waals surface area contributed by atoms with Gasteiger partial charge in [0.2, 0.25) is 23.6 Å². The fourth-order valence-corrected chi connectivity index (χ4v) is 8.49. The van der Waals surface area contributed by atoms with Crippen LogP contribution in [0.15, 0.2) is 239 Å². The number of rotatable bonds is 10. The molecule has 0 radical (unpaired) electrons. The number of fused-ring (bicyclic) bond motifs is 1. The maximum atomic E-state index is 6.17. The summed E-state index contributed by atoms with van der Waals surface area (Å²) in [4.78, 5) is 10.3. The third-order valence-corrected chi connectivity index (χ3v) is 12.1. The second kappa shape index (κ2) is 17.5. The van der Waals surface area contributed by atoms with Gasteiger partial charge in [-0.1, -0.05) is 170 Å². The van der Waals surface area contributed by atoms with Crippen molar-refractivity contribution in [3.8, 4) is 113 Å². The van der Waals surface area contributed by atoms with Gasteiger partial charge < -0.3 is 8.83 Å². The normalized spacial score (nSPS) is 11.2. The number of hydrogen-bond acceptors (Lipinski definition) is 8. The zero-order chi connectivity index (χ0) is 45.2. The molecule has 68 heavy (non-hydrogen) atoms. The molecular weight excluding hydrogens is 837 g/mol. The molecule has 0 saturated heterocycles. The van der Waals surface area contributed by atoms with Crippen molar-refractivity contribution < 1.29 is 8.83 Å². The van der Waals surface area contributed by atoms with Crippen LogP contribution in [0.3, 0.4) is 0 Å². The van der Waals surface area contributed by atoms with Crippen LogP contribution in [0.2, 0.25) is 0 Å². The Bertz CT molecular complexity index is 3450. The summed E-state index contributed by atoms with van der Waals surface area (Å²) in [6.07, 6.45) is 0. The monoisotopic (exact) mass is 874 g/mol. The van der Waals surface area contributed by atoms with Crippen LogP contribution in [0.1, 0.15) is 0 Å². The molecule has 0 fully saturated rings. The molecule has 3 aromatic heterocycles. The van der Waals surface area contributed by atoms with Gasteiger partial charge in [0.15, 0.2) is 0 Å². The minimum absolute atomic E-state index is 0.469. The van der Waals surface area contributed by atoms with Crippen LogP contribution in [0.4, 0.5) is 0 Å². The summed E-state index contributed by atoms with van der Waals surface area (Å²) in [7, 11) is 0. The van der Waals surface area contributed by atoms with E-state index in [1.54, 1.807) is 0 Å². The van der Waals surface area contributed by atoms with Crippen molar-refractivity contribution >= 4 is 11.0 Å². The smallest absolute Gasteiger partial charge is 0.248 e. The highest BCUT2D eigenvalue weighted by Gasteiger charge is 2.17. The van der Waals surface area contributed by atoms with Gasteiger partial charge in [0, 0.05) is 33.4 Å². The number of para-hydroxylation sites is 2. The average Bonchev–Trinajstić information content (AvgIpc) is 4.14. The molecule has 0 spiro atoms. The van der Waals surface area contributed by atoms with E-state index in [-0.39, 0.29) is 0 Å². The molecule has 0 saturated carbocycles. The highest BCUT2D eigenvalue weighted by Crippen LogP contribution is 2.36. The third kappa shape index (κ3) is 8.03. The van der Waals surface area contributed by atoms with Gasteiger partial charge in [-0.05, 0) is 105 Å². The second-order valence-corrected chi connectivity index (χ2v) is 16.4. The number of aromatic nitrogens is 6. The molecule has 12 aromatic rings. The highest BCUT2D eigenvalue weighted by molar-refractivity contribution is 5.87. The number of nitrogens with zero attached hydrogens (tertiary/aromatic N) is 6. The Morgan fingerprint density at radius 2 is 0.471 bits per heavy atom. The van der Waals surface area contributed by atoms with E-state index in [0.717, 1.165) is 100 Å². The minimum atomic E-state index is 0.469. The van der Waals surface area contributed by atoms with Crippen LogP contribution in [-0.2, 0) is 0 Å². The number of benzene rings is 9. The van der Waals surface area contributed by atoms with Gasteiger partial charge in [0.05, 0.1) is 22.4 Å². The molecular formula is C60H38N6O2. The predicted molar refractivity (Wildman–Crippen MR) is 270 cm³/mol. The quantitative estimate of drug-likeness (QED) is 0.134. The van der Waals surface area contributed by atoms with E-state index in [4.69, 9.17) is 18.8 Å². The standard InChI is InChI=1S/C60H38N6O2/c1-3-11-39(12-4-1)49-15-9-17-51(37-49)59-65-63-57(67-59)47-33-25-43(26-34-47)41-21-29-45(30-22-41)55-56(62-54-20-8-7-19-53(54)61-55)46-31-23-42(24-32-46)44-27-35-48(36-28-44)58-64-66-60(68-58)52-18-10-16-50(38-52)40-13-5-2-6-14-40/h1-38H. The molecule has 0 aliphatic heterocycles. The van der Waals surface area contributed by atoms with E-state index < -0.39 is 0 Å². The Morgan fingerprint density at radius 3 is 0.838 bits per heavy atom. The molecule has 0 atom stereocenters. The lowest BCUT2D eigenvalue weighted by Crippen LogP contribution is -1.95. The largest absolute Gasteiger partial charge is 0.416 e. The molecule has 0 bridgehead atoms. The van der Waals surface area contributed by atoms with E-state index in [0.29, 0.717) is 23.6 Å². The predicted octanol–water partition coefficient (Wildman–Crippen LogP) is 15.1. The van der Waals surface area contributed by atoms with Crippen molar-refractivity contribution in [3.63, 3.8) is 0 Å². The molecule has 9 aromatic carbocycles. The topological polar surface area (TPSA) is 104 Å². The molecule has 0 amide bonds. The summed E-state index contributed by atoms with van der Waals surface area (Å²) in [6.45, 7) is 0. The SMILES string of the molecule is c1ccc(-c2cccc(-c3nnc(-c4ccc(-c5ccc(-c6nc7ccccc7nc6-c6ccc(-c7ccc(-c8nnc(-c9cccc(-c%10ccccc%10)c9)o8)cc7)cc6)cc5)cc4)o3)c2)cc1. The Kier molecular flexibility index (Phi) is 10.3. The summed E-state index contributed by atoms with van der Waals surface area (Å²) in [5, 5.41) is 17.5. The Morgan fingerprint density at radius 1 is 0.206 bits per heavy atom. The van der Waals surface area contributed by atoms with E-state index in [2.05, 4.69) is 142 Å². The van der Waals surface area contributed by atoms with Gasteiger partial charge >= 0.3 is 0 Å². The Hall–Kier alpha value is -9.40. The van der Waals surface area contributed by atoms with Crippen LogP contribution in [0.5, 0.6) is 0 Å². The Balaban J connectivity index is 0.764. The van der Waals surface area contributed by atoms with E-state index in [1.807, 2.05) is 109 Å². The van der Waals surface area contributed by atoms with Crippen molar-refractivity contribution in [2.45, 2.75) is 0 Å². The van der Waals surface area contributed by atoms with Crippen LogP contribution in [0, 0.1) is 0 Å². The van der Waals surface area contributed by atoms with Crippen molar-refractivity contribution in [2.75, 3.05) is 0 Å². The van der Waals surface area contributed by atoms with E-state index >= 15 is 0 Å². The van der Waals surface area contributed by atoms with Gasteiger partial charge in [0.25, 0.3) is 0 Å². The number of hydrogen-bond donors (Lipinski definition) is 0. The van der Waals surface area contributed by atoms with Gasteiger partial charge in [-0.3, -0.25) is 0 Å². The van der Waals surface area contributed by atoms with Crippen LogP contribution in [-0.4, -0.2) is 30.4 Å². The molecule has 8 nitrogen and oxygen atoms in total. The third-order valence-electron chi connectivity index (χ3n) is 12.1. The molecule has 3 heterocycles. The lowest BCUT2D eigenvalue weighted by atomic mass is 9.97. The van der Waals surface area contributed by atoms with Crippen molar-refractivity contribution in [2.24, 2.45) is 0 Å². The summed E-state index contributed by atoms with van der Waals surface area (Å²) in [5.74, 6) is 1.90. The summed E-state index contributed by atoms with van der Waals surface area (Å²) in [6, 6.07) is 78.2. The summed E-state index contributed by atoms with van der Waals surface area (Å²) in [5.41, 5.74) is 17.4. The van der Waals surface area contributed by atoms with Gasteiger partial charge in [-0.15, -0.1) is 20.4 Å². The zero-order valence-electron chi connectivity index (χ0n) is 36.4. The molecule has 8 heteroatoms. The zero-order valence-corrected chi connectivity index (χ0v) is 36.4.